The van der Waals surface area contributed by atoms with Gasteiger partial charge in [0.15, 0.2) is 11.4 Å². The van der Waals surface area contributed by atoms with Gasteiger partial charge in [-0.25, -0.2) is 9.67 Å². The van der Waals surface area contributed by atoms with Crippen LogP contribution in [0.2, 0.25) is 0 Å². The number of fused-ring (bicyclic) bond motifs is 1. The maximum atomic E-state index is 6.42. The lowest BCUT2D eigenvalue weighted by Gasteiger charge is -2.27. The molecule has 1 fully saturated rings. The molecule has 7 heteroatoms. The van der Waals surface area contributed by atoms with Crippen LogP contribution in [0, 0.1) is 6.92 Å². The van der Waals surface area contributed by atoms with Crippen molar-refractivity contribution in [3.05, 3.63) is 84.4 Å². The zero-order valence-electron chi connectivity index (χ0n) is 21.8. The molecule has 1 saturated heterocycles. The molecule has 1 aromatic carbocycles. The lowest BCUT2D eigenvalue weighted by atomic mass is 10.1. The van der Waals surface area contributed by atoms with Crippen molar-refractivity contribution in [2.75, 3.05) is 31.2 Å². The van der Waals surface area contributed by atoms with E-state index in [0.29, 0.717) is 24.7 Å². The first-order chi connectivity index (χ1) is 18.1. The van der Waals surface area contributed by atoms with Crippen molar-refractivity contribution in [1.82, 2.24) is 19.7 Å². The molecule has 1 aliphatic heterocycles. The normalized spacial score (nSPS) is 14.9. The number of ether oxygens (including phenoxy) is 1. The molecular formula is C30H33N5O2. The molecular weight excluding hydrogens is 462 g/mol. The molecule has 0 amide bonds. The largest absolute Gasteiger partial charge is 0.451 e. The van der Waals surface area contributed by atoms with Crippen molar-refractivity contribution in [3.8, 4) is 17.1 Å². The fourth-order valence-corrected chi connectivity index (χ4v) is 4.47. The van der Waals surface area contributed by atoms with Crippen LogP contribution >= 0.6 is 0 Å². The Morgan fingerprint density at radius 3 is 2.62 bits per heavy atom. The molecule has 37 heavy (non-hydrogen) atoms. The summed E-state index contributed by atoms with van der Waals surface area (Å²) in [6, 6.07) is 10.4. The van der Waals surface area contributed by atoms with E-state index < -0.39 is 0 Å². The standard InChI is InChI=1S/C30H33N5O2/c1-5-22(6-2)11-12-23(7-3)27-18-26-28(37-27)29(34-13-15-36-16-14-34)33-30(32-26)35-20-25(19-31-35)24-10-8-9-21(4)17-24/h5,8-12,17-20H,1,6-7,13-16H2,2-4H3/b22-11+,23-12+. The van der Waals surface area contributed by atoms with Gasteiger partial charge in [-0.3, -0.25) is 0 Å². The van der Waals surface area contributed by atoms with Crippen LogP contribution in [-0.2, 0) is 4.74 Å². The topological polar surface area (TPSA) is 69.2 Å². The van der Waals surface area contributed by atoms with Crippen LogP contribution in [0.1, 0.15) is 38.0 Å². The third kappa shape index (κ3) is 5.27. The maximum Gasteiger partial charge on any atom is 0.253 e. The summed E-state index contributed by atoms with van der Waals surface area (Å²) < 4.78 is 13.8. The first-order valence-corrected chi connectivity index (χ1v) is 12.9. The molecule has 4 heterocycles. The minimum absolute atomic E-state index is 0.516. The fraction of sp³-hybridized carbons (Fsp3) is 0.300. The van der Waals surface area contributed by atoms with Crippen molar-refractivity contribution in [1.29, 1.82) is 0 Å². The Bertz CT molecular complexity index is 1470. The summed E-state index contributed by atoms with van der Waals surface area (Å²) >= 11 is 0. The van der Waals surface area contributed by atoms with E-state index in [2.05, 4.69) is 73.8 Å². The molecule has 3 aromatic heterocycles. The second-order valence-electron chi connectivity index (χ2n) is 9.16. The monoisotopic (exact) mass is 495 g/mol. The number of furan rings is 1. The summed E-state index contributed by atoms with van der Waals surface area (Å²) in [5, 5.41) is 4.60. The van der Waals surface area contributed by atoms with Crippen LogP contribution in [0.25, 0.3) is 33.7 Å². The molecule has 4 aromatic rings. The highest BCUT2D eigenvalue weighted by Gasteiger charge is 2.22. The molecule has 0 aliphatic carbocycles. The molecule has 0 radical (unpaired) electrons. The van der Waals surface area contributed by atoms with E-state index in [9.17, 15) is 0 Å². The number of hydrogen-bond acceptors (Lipinski definition) is 6. The Hall–Kier alpha value is -3.97. The molecule has 0 spiro atoms. The molecule has 7 nitrogen and oxygen atoms in total. The Morgan fingerprint density at radius 2 is 1.89 bits per heavy atom. The predicted molar refractivity (Wildman–Crippen MR) is 149 cm³/mol. The van der Waals surface area contributed by atoms with Crippen molar-refractivity contribution < 1.29 is 9.15 Å². The fourth-order valence-electron chi connectivity index (χ4n) is 4.47. The number of benzene rings is 1. The summed E-state index contributed by atoms with van der Waals surface area (Å²) in [6.07, 6.45) is 11.7. The number of morpholine rings is 1. The van der Waals surface area contributed by atoms with Crippen molar-refractivity contribution >= 4 is 22.5 Å². The van der Waals surface area contributed by atoms with E-state index in [1.165, 1.54) is 11.1 Å². The van der Waals surface area contributed by atoms with E-state index >= 15 is 0 Å². The van der Waals surface area contributed by atoms with Crippen LogP contribution < -0.4 is 4.90 Å². The van der Waals surface area contributed by atoms with Crippen LogP contribution in [-0.4, -0.2) is 46.1 Å². The van der Waals surface area contributed by atoms with Gasteiger partial charge >= 0.3 is 0 Å². The molecule has 0 bridgehead atoms. The van der Waals surface area contributed by atoms with E-state index in [-0.39, 0.29) is 0 Å². The van der Waals surface area contributed by atoms with Crippen LogP contribution in [0.5, 0.6) is 0 Å². The van der Waals surface area contributed by atoms with E-state index in [1.54, 1.807) is 4.68 Å². The van der Waals surface area contributed by atoms with E-state index in [1.807, 2.05) is 24.5 Å². The average Bonchev–Trinajstić information content (AvgIpc) is 3.59. The van der Waals surface area contributed by atoms with Crippen LogP contribution in [0.15, 0.2) is 77.5 Å². The van der Waals surface area contributed by atoms with Gasteiger partial charge in [0.2, 0.25) is 0 Å². The second-order valence-corrected chi connectivity index (χ2v) is 9.16. The number of hydrogen-bond donors (Lipinski definition) is 0. The Morgan fingerprint density at radius 1 is 1.05 bits per heavy atom. The summed E-state index contributed by atoms with van der Waals surface area (Å²) in [5.41, 5.74) is 7.07. The smallest absolute Gasteiger partial charge is 0.253 e. The molecule has 1 aliphatic rings. The van der Waals surface area contributed by atoms with Gasteiger partial charge in [-0.2, -0.15) is 10.1 Å². The SMILES string of the molecule is C=C/C(=C\C=C(/CC)c1cc2nc(-n3cc(-c4cccc(C)c4)cn3)nc(N3CCOCC3)c2o1)CC. The highest BCUT2D eigenvalue weighted by Crippen LogP contribution is 2.32. The minimum atomic E-state index is 0.516. The average molecular weight is 496 g/mol. The highest BCUT2D eigenvalue weighted by atomic mass is 16.5. The van der Waals surface area contributed by atoms with Crippen LogP contribution in [0.4, 0.5) is 5.82 Å². The third-order valence-electron chi connectivity index (χ3n) is 6.66. The van der Waals surface area contributed by atoms with Gasteiger partial charge in [0.05, 0.1) is 19.4 Å². The van der Waals surface area contributed by atoms with Gasteiger partial charge in [0.1, 0.15) is 11.3 Å². The number of anilines is 1. The first-order valence-electron chi connectivity index (χ1n) is 12.9. The van der Waals surface area contributed by atoms with Crippen molar-refractivity contribution in [2.24, 2.45) is 0 Å². The number of allylic oxidation sites excluding steroid dienone is 5. The molecule has 190 valence electrons. The van der Waals surface area contributed by atoms with E-state index in [0.717, 1.165) is 59.7 Å². The lowest BCUT2D eigenvalue weighted by molar-refractivity contribution is 0.122. The minimum Gasteiger partial charge on any atom is -0.451 e. The zero-order chi connectivity index (χ0) is 25.8. The zero-order valence-corrected chi connectivity index (χ0v) is 21.8. The Kier molecular flexibility index (Phi) is 7.32. The van der Waals surface area contributed by atoms with Gasteiger partial charge in [0.25, 0.3) is 5.95 Å². The van der Waals surface area contributed by atoms with Gasteiger partial charge in [-0.05, 0) is 36.5 Å². The van der Waals surface area contributed by atoms with Gasteiger partial charge in [-0.15, -0.1) is 0 Å². The lowest BCUT2D eigenvalue weighted by Crippen LogP contribution is -2.37. The second kappa shape index (κ2) is 11.0. The van der Waals surface area contributed by atoms with Crippen LogP contribution in [0.3, 0.4) is 0 Å². The van der Waals surface area contributed by atoms with Crippen molar-refractivity contribution in [2.45, 2.75) is 33.6 Å². The number of nitrogens with zero attached hydrogens (tertiary/aromatic N) is 5. The summed E-state index contributed by atoms with van der Waals surface area (Å²) in [4.78, 5) is 12.0. The summed E-state index contributed by atoms with van der Waals surface area (Å²) in [5.74, 6) is 2.09. The summed E-state index contributed by atoms with van der Waals surface area (Å²) in [6.45, 7) is 13.0. The molecule has 0 N–H and O–H groups in total. The first kappa shape index (κ1) is 24.7. The third-order valence-corrected chi connectivity index (χ3v) is 6.66. The van der Waals surface area contributed by atoms with E-state index in [4.69, 9.17) is 19.1 Å². The van der Waals surface area contributed by atoms with Gasteiger partial charge in [-0.1, -0.05) is 68.5 Å². The molecule has 0 saturated carbocycles. The molecule has 0 atom stereocenters. The highest BCUT2D eigenvalue weighted by molar-refractivity contribution is 5.88. The Labute approximate surface area is 217 Å². The van der Waals surface area contributed by atoms with Gasteiger partial charge < -0.3 is 14.1 Å². The summed E-state index contributed by atoms with van der Waals surface area (Å²) in [7, 11) is 0. The maximum absolute atomic E-state index is 6.42. The van der Waals surface area contributed by atoms with Gasteiger partial charge in [0, 0.05) is 30.9 Å². The molecule has 5 rings (SSSR count). The number of rotatable bonds is 8. The van der Waals surface area contributed by atoms with Crippen molar-refractivity contribution in [3.63, 3.8) is 0 Å². The number of aromatic nitrogens is 4. The Balaban J connectivity index is 1.60. The number of aryl methyl sites for hydroxylation is 1. The molecule has 0 unspecified atom stereocenters. The predicted octanol–water partition coefficient (Wildman–Crippen LogP) is 6.54. The quantitative estimate of drug-likeness (QED) is 0.259.